The van der Waals surface area contributed by atoms with Gasteiger partial charge in [-0.2, -0.15) is 5.10 Å². The molecule has 0 atom stereocenters. The molecule has 0 aliphatic heterocycles. The third kappa shape index (κ3) is 3.47. The summed E-state index contributed by atoms with van der Waals surface area (Å²) in [5, 5.41) is 4.64. The lowest BCUT2D eigenvalue weighted by Gasteiger charge is -2.22. The van der Waals surface area contributed by atoms with E-state index in [1.807, 2.05) is 54.6 Å². The summed E-state index contributed by atoms with van der Waals surface area (Å²) < 4.78 is 7.54. The van der Waals surface area contributed by atoms with Crippen LogP contribution in [0.4, 0.5) is 11.5 Å². The van der Waals surface area contributed by atoms with Crippen LogP contribution in [0, 0.1) is 6.57 Å². The number of anilines is 1. The molecule has 1 aliphatic carbocycles. The molecule has 0 bridgehead atoms. The molecule has 4 rings (SSSR count). The van der Waals surface area contributed by atoms with E-state index in [9.17, 15) is 4.79 Å². The number of ketones is 1. The number of benzene rings is 2. The van der Waals surface area contributed by atoms with Crippen molar-refractivity contribution >= 4 is 17.3 Å². The Balaban J connectivity index is 1.61. The summed E-state index contributed by atoms with van der Waals surface area (Å²) in [4.78, 5) is 15.1. The smallest absolute Gasteiger partial charge is 0.254 e. The number of ether oxygens (including phenoxy) is 1. The van der Waals surface area contributed by atoms with Gasteiger partial charge in [0.25, 0.3) is 5.69 Å². The number of nitrogens with zero attached hydrogens (tertiary/aromatic N) is 3. The van der Waals surface area contributed by atoms with Crippen LogP contribution in [0.5, 0.6) is 11.5 Å². The molecule has 3 aromatic rings. The molecule has 6 heteroatoms. The summed E-state index contributed by atoms with van der Waals surface area (Å²) in [6, 6.07) is 17.1. The Labute approximate surface area is 163 Å². The van der Waals surface area contributed by atoms with Crippen molar-refractivity contribution in [1.29, 1.82) is 0 Å². The molecule has 1 heterocycles. The normalized spacial score (nSPS) is 14.6. The van der Waals surface area contributed by atoms with Gasteiger partial charge in [0, 0.05) is 12.8 Å². The van der Waals surface area contributed by atoms with Gasteiger partial charge in [-0.3, -0.25) is 9.48 Å². The minimum atomic E-state index is 0.0626. The van der Waals surface area contributed by atoms with Gasteiger partial charge in [0.2, 0.25) is 0 Å². The van der Waals surface area contributed by atoms with Crippen LogP contribution in [-0.2, 0) is 4.79 Å². The number of hydrogen-bond acceptors (Lipinski definition) is 4. The predicted molar refractivity (Wildman–Crippen MR) is 107 cm³/mol. The van der Waals surface area contributed by atoms with Crippen molar-refractivity contribution in [3.05, 3.63) is 66.0 Å². The highest BCUT2D eigenvalue weighted by Gasteiger charge is 2.26. The van der Waals surface area contributed by atoms with Gasteiger partial charge in [0.15, 0.2) is 0 Å². The van der Waals surface area contributed by atoms with Crippen LogP contribution < -0.4 is 10.5 Å². The molecule has 1 saturated carbocycles. The SMILES string of the molecule is [C-]#[N+]c1c(-c2ccc(Oc3ccccc3)cc2)nn(C2CCC(=O)CC2)c1N. The second kappa shape index (κ2) is 7.57. The third-order valence-corrected chi connectivity index (χ3v) is 5.00. The van der Waals surface area contributed by atoms with Crippen LogP contribution in [0.1, 0.15) is 31.7 Å². The fraction of sp³-hybridized carbons (Fsp3) is 0.227. The maximum absolute atomic E-state index is 11.5. The van der Waals surface area contributed by atoms with E-state index in [0.29, 0.717) is 48.6 Å². The summed E-state index contributed by atoms with van der Waals surface area (Å²) in [5.41, 5.74) is 7.96. The maximum atomic E-state index is 11.5. The topological polar surface area (TPSA) is 74.5 Å². The molecule has 0 saturated heterocycles. The number of nitrogens with two attached hydrogens (primary N) is 1. The van der Waals surface area contributed by atoms with Gasteiger partial charge in [-0.25, -0.2) is 4.85 Å². The summed E-state index contributed by atoms with van der Waals surface area (Å²) >= 11 is 0. The van der Waals surface area contributed by atoms with Crippen molar-refractivity contribution in [2.45, 2.75) is 31.7 Å². The van der Waals surface area contributed by atoms with Crippen LogP contribution in [0.15, 0.2) is 54.6 Å². The van der Waals surface area contributed by atoms with Crippen molar-refractivity contribution in [3.63, 3.8) is 0 Å². The first-order valence-electron chi connectivity index (χ1n) is 9.26. The lowest BCUT2D eigenvalue weighted by Crippen LogP contribution is -2.20. The highest BCUT2D eigenvalue weighted by Crippen LogP contribution is 2.39. The van der Waals surface area contributed by atoms with Crippen molar-refractivity contribution in [1.82, 2.24) is 9.78 Å². The molecule has 0 spiro atoms. The highest BCUT2D eigenvalue weighted by molar-refractivity contribution is 5.83. The zero-order chi connectivity index (χ0) is 19.5. The second-order valence-electron chi connectivity index (χ2n) is 6.85. The predicted octanol–water partition coefficient (Wildman–Crippen LogP) is 5.16. The molecule has 0 amide bonds. The number of rotatable bonds is 4. The van der Waals surface area contributed by atoms with Gasteiger partial charge in [-0.1, -0.05) is 30.3 Å². The van der Waals surface area contributed by atoms with E-state index in [-0.39, 0.29) is 11.8 Å². The van der Waals surface area contributed by atoms with E-state index in [2.05, 4.69) is 9.94 Å². The Morgan fingerprint density at radius 3 is 2.32 bits per heavy atom. The molecule has 2 aromatic carbocycles. The summed E-state index contributed by atoms with van der Waals surface area (Å²) in [6.45, 7) is 7.54. The fourth-order valence-corrected chi connectivity index (χ4v) is 3.50. The quantitative estimate of drug-likeness (QED) is 0.642. The lowest BCUT2D eigenvalue weighted by atomic mass is 9.94. The Kier molecular flexibility index (Phi) is 4.81. The molecule has 28 heavy (non-hydrogen) atoms. The van der Waals surface area contributed by atoms with Crippen LogP contribution >= 0.6 is 0 Å². The van der Waals surface area contributed by atoms with Gasteiger partial charge in [0.05, 0.1) is 12.6 Å². The fourth-order valence-electron chi connectivity index (χ4n) is 3.50. The van der Waals surface area contributed by atoms with E-state index in [1.54, 1.807) is 4.68 Å². The third-order valence-electron chi connectivity index (χ3n) is 5.00. The van der Waals surface area contributed by atoms with Gasteiger partial charge < -0.3 is 10.5 Å². The molecule has 0 unspecified atom stereocenters. The average Bonchev–Trinajstić information content (AvgIpc) is 3.06. The van der Waals surface area contributed by atoms with E-state index >= 15 is 0 Å². The first kappa shape index (κ1) is 17.8. The minimum Gasteiger partial charge on any atom is -0.457 e. The van der Waals surface area contributed by atoms with Crippen molar-refractivity contribution in [2.24, 2.45) is 0 Å². The number of aromatic nitrogens is 2. The molecule has 1 aliphatic rings. The molecule has 140 valence electrons. The molecule has 0 radical (unpaired) electrons. The van der Waals surface area contributed by atoms with Crippen molar-refractivity contribution in [2.75, 3.05) is 5.73 Å². The van der Waals surface area contributed by atoms with Crippen LogP contribution in [0.3, 0.4) is 0 Å². The largest absolute Gasteiger partial charge is 0.457 e. The molecule has 2 N–H and O–H groups in total. The number of carbonyl (C=O) groups excluding carboxylic acids is 1. The van der Waals surface area contributed by atoms with E-state index in [4.69, 9.17) is 17.0 Å². The van der Waals surface area contributed by atoms with Gasteiger partial charge in [-0.05, 0) is 42.7 Å². The molecule has 1 aromatic heterocycles. The van der Waals surface area contributed by atoms with Crippen molar-refractivity contribution < 1.29 is 9.53 Å². The second-order valence-corrected chi connectivity index (χ2v) is 6.85. The molecule has 6 nitrogen and oxygen atoms in total. The standard InChI is InChI=1S/C22H20N4O2/c1-24-21-20(25-26(22(21)23)16-9-11-17(27)12-10-16)15-7-13-19(14-8-15)28-18-5-3-2-4-6-18/h2-8,13-14,16H,9-12,23H2. The number of carbonyl (C=O) groups is 1. The number of nitrogen functional groups attached to an aromatic ring is 1. The van der Waals surface area contributed by atoms with Crippen LogP contribution in [0.25, 0.3) is 16.1 Å². The highest BCUT2D eigenvalue weighted by atomic mass is 16.5. The van der Waals surface area contributed by atoms with Crippen LogP contribution in [0.2, 0.25) is 0 Å². The Morgan fingerprint density at radius 1 is 1.04 bits per heavy atom. The zero-order valence-electron chi connectivity index (χ0n) is 15.3. The van der Waals surface area contributed by atoms with E-state index < -0.39 is 0 Å². The van der Waals surface area contributed by atoms with E-state index in [0.717, 1.165) is 11.3 Å². The van der Waals surface area contributed by atoms with Gasteiger partial charge >= 0.3 is 0 Å². The summed E-state index contributed by atoms with van der Waals surface area (Å²) in [7, 11) is 0. The first-order chi connectivity index (χ1) is 13.7. The minimum absolute atomic E-state index is 0.0626. The van der Waals surface area contributed by atoms with Crippen molar-refractivity contribution in [3.8, 4) is 22.8 Å². The zero-order valence-corrected chi connectivity index (χ0v) is 15.3. The molecular weight excluding hydrogens is 352 g/mol. The average molecular weight is 372 g/mol. The summed E-state index contributed by atoms with van der Waals surface area (Å²) in [5.74, 6) is 2.12. The Morgan fingerprint density at radius 2 is 1.68 bits per heavy atom. The Hall–Kier alpha value is -3.59. The monoisotopic (exact) mass is 372 g/mol. The molecule has 1 fully saturated rings. The lowest BCUT2D eigenvalue weighted by molar-refractivity contribution is -0.120. The summed E-state index contributed by atoms with van der Waals surface area (Å²) in [6.07, 6.45) is 2.51. The number of Topliss-reactive ketones (excluding diaryl/α,β-unsaturated/α-hetero) is 1. The maximum Gasteiger partial charge on any atom is 0.254 e. The Bertz CT molecular complexity index is 1020. The number of hydrogen-bond donors (Lipinski definition) is 1. The first-order valence-corrected chi connectivity index (χ1v) is 9.26. The van der Waals surface area contributed by atoms with Gasteiger partial charge in [-0.15, -0.1) is 0 Å². The molecular formula is C22H20N4O2. The van der Waals surface area contributed by atoms with E-state index in [1.165, 1.54) is 0 Å². The van der Waals surface area contributed by atoms with Crippen LogP contribution in [-0.4, -0.2) is 15.6 Å². The number of para-hydroxylation sites is 1. The van der Waals surface area contributed by atoms with Gasteiger partial charge in [0.1, 0.15) is 28.8 Å².